The van der Waals surface area contributed by atoms with E-state index in [1.54, 1.807) is 30.9 Å². The second-order valence-electron chi connectivity index (χ2n) is 2.83. The molecule has 0 aliphatic carbocycles. The predicted molar refractivity (Wildman–Crippen MR) is 49.7 cm³/mol. The Bertz CT molecular complexity index is 449. The number of aromatic nitrogens is 2. The highest BCUT2D eigenvalue weighted by Gasteiger charge is 2.05. The number of hydrogen-bond acceptors (Lipinski definition) is 4. The van der Waals surface area contributed by atoms with Crippen molar-refractivity contribution in [3.8, 4) is 11.4 Å². The molecule has 4 nitrogen and oxygen atoms in total. The molecule has 2 rings (SSSR count). The van der Waals surface area contributed by atoms with Crippen LogP contribution < -0.4 is 0 Å². The molecule has 0 N–H and O–H groups in total. The summed E-state index contributed by atoms with van der Waals surface area (Å²) in [6.45, 7) is 1.47. The second kappa shape index (κ2) is 3.41. The maximum atomic E-state index is 11.1. The Balaban J connectivity index is 2.46. The summed E-state index contributed by atoms with van der Waals surface area (Å²) in [6, 6.07) is 3.34. The van der Waals surface area contributed by atoms with Crippen LogP contribution in [-0.4, -0.2) is 15.8 Å². The Labute approximate surface area is 80.6 Å². The van der Waals surface area contributed by atoms with Crippen LogP contribution in [0.4, 0.5) is 0 Å². The van der Waals surface area contributed by atoms with E-state index in [9.17, 15) is 4.79 Å². The number of carbonyl (C=O) groups is 1. The summed E-state index contributed by atoms with van der Waals surface area (Å²) in [5.41, 5.74) is 1.18. The molecule has 0 aromatic carbocycles. The summed E-state index contributed by atoms with van der Waals surface area (Å²) >= 11 is 0. The van der Waals surface area contributed by atoms with E-state index >= 15 is 0 Å². The van der Waals surface area contributed by atoms with E-state index in [1.807, 2.05) is 0 Å². The van der Waals surface area contributed by atoms with Crippen LogP contribution in [-0.2, 0) is 0 Å². The topological polar surface area (TPSA) is 56.0 Å². The number of carbonyl (C=O) groups excluding carboxylic acids is 1. The normalized spacial score (nSPS) is 10.1. The third kappa shape index (κ3) is 1.54. The lowest BCUT2D eigenvalue weighted by atomic mass is 10.2. The Hall–Kier alpha value is -1.97. The van der Waals surface area contributed by atoms with Crippen molar-refractivity contribution in [2.75, 3.05) is 0 Å². The van der Waals surface area contributed by atoms with Gasteiger partial charge in [0.2, 0.25) is 0 Å². The van der Waals surface area contributed by atoms with Crippen LogP contribution in [0.2, 0.25) is 0 Å². The summed E-state index contributed by atoms with van der Waals surface area (Å²) < 4.78 is 4.90. The van der Waals surface area contributed by atoms with Gasteiger partial charge in [-0.3, -0.25) is 4.79 Å². The van der Waals surface area contributed by atoms with Crippen LogP contribution in [0.3, 0.4) is 0 Å². The van der Waals surface area contributed by atoms with E-state index in [1.165, 1.54) is 6.92 Å². The van der Waals surface area contributed by atoms with Gasteiger partial charge in [0.15, 0.2) is 11.6 Å². The molecule has 0 amide bonds. The molecule has 2 aromatic heterocycles. The zero-order chi connectivity index (χ0) is 9.97. The quantitative estimate of drug-likeness (QED) is 0.676. The lowest BCUT2D eigenvalue weighted by Gasteiger charge is -1.97. The van der Waals surface area contributed by atoms with Crippen molar-refractivity contribution in [3.63, 3.8) is 0 Å². The van der Waals surface area contributed by atoms with Gasteiger partial charge in [0.1, 0.15) is 12.0 Å². The zero-order valence-corrected chi connectivity index (χ0v) is 7.60. The van der Waals surface area contributed by atoms with Gasteiger partial charge in [-0.25, -0.2) is 9.97 Å². The van der Waals surface area contributed by atoms with Gasteiger partial charge >= 0.3 is 0 Å². The average Bonchev–Trinajstić information content (AvgIpc) is 2.71. The van der Waals surface area contributed by atoms with Gasteiger partial charge in [0.25, 0.3) is 0 Å². The third-order valence-corrected chi connectivity index (χ3v) is 1.80. The fourth-order valence-corrected chi connectivity index (χ4v) is 1.09. The predicted octanol–water partition coefficient (Wildman–Crippen LogP) is 1.94. The van der Waals surface area contributed by atoms with Crippen molar-refractivity contribution in [3.05, 3.63) is 36.5 Å². The van der Waals surface area contributed by atoms with Gasteiger partial charge in [0, 0.05) is 13.1 Å². The number of nitrogens with zero attached hydrogens (tertiary/aromatic N) is 2. The first-order chi connectivity index (χ1) is 6.77. The summed E-state index contributed by atoms with van der Waals surface area (Å²) in [4.78, 5) is 19.2. The van der Waals surface area contributed by atoms with Crippen molar-refractivity contribution < 1.29 is 9.21 Å². The zero-order valence-electron chi connectivity index (χ0n) is 7.60. The molecule has 0 atom stereocenters. The van der Waals surface area contributed by atoms with Gasteiger partial charge in [-0.05, 0) is 12.1 Å². The van der Waals surface area contributed by atoms with Crippen molar-refractivity contribution in [2.45, 2.75) is 6.92 Å². The third-order valence-electron chi connectivity index (χ3n) is 1.80. The van der Waals surface area contributed by atoms with Crippen LogP contribution >= 0.6 is 0 Å². The molecule has 0 aliphatic rings. The maximum absolute atomic E-state index is 11.1. The number of rotatable bonds is 2. The smallest absolute Gasteiger partial charge is 0.178 e. The summed E-state index contributed by atoms with van der Waals surface area (Å²) in [6.07, 6.45) is 4.64. The Morgan fingerprint density at radius 1 is 1.43 bits per heavy atom. The van der Waals surface area contributed by atoms with E-state index in [4.69, 9.17) is 4.42 Å². The van der Waals surface area contributed by atoms with Crippen LogP contribution in [0.15, 0.2) is 35.3 Å². The van der Waals surface area contributed by atoms with Gasteiger partial charge in [-0.1, -0.05) is 0 Å². The van der Waals surface area contributed by atoms with E-state index in [0.717, 1.165) is 5.56 Å². The van der Waals surface area contributed by atoms with Gasteiger partial charge < -0.3 is 4.42 Å². The average molecular weight is 188 g/mol. The first-order valence-electron chi connectivity index (χ1n) is 4.14. The molecule has 70 valence electrons. The molecule has 0 saturated carbocycles. The monoisotopic (exact) mass is 188 g/mol. The lowest BCUT2D eigenvalue weighted by Crippen LogP contribution is -1.98. The largest absolute Gasteiger partial charge is 0.472 e. The van der Waals surface area contributed by atoms with E-state index in [0.29, 0.717) is 11.5 Å². The van der Waals surface area contributed by atoms with Crippen LogP contribution in [0, 0.1) is 0 Å². The van der Waals surface area contributed by atoms with E-state index in [2.05, 4.69) is 9.97 Å². The minimum absolute atomic E-state index is 0.0721. The standard InChI is InChI=1S/C10H8N2O2/c1-7(13)9-2-4-11-10(12-9)8-3-5-14-6-8/h2-6H,1H3. The number of ketones is 1. The fraction of sp³-hybridized carbons (Fsp3) is 0.100. The number of Topliss-reactive ketones (excluding diaryl/α,β-unsaturated/α-hetero) is 1. The highest BCUT2D eigenvalue weighted by Crippen LogP contribution is 2.14. The van der Waals surface area contributed by atoms with Crippen molar-refractivity contribution in [1.82, 2.24) is 9.97 Å². The second-order valence-corrected chi connectivity index (χ2v) is 2.83. The van der Waals surface area contributed by atoms with Crippen molar-refractivity contribution >= 4 is 5.78 Å². The minimum atomic E-state index is -0.0721. The van der Waals surface area contributed by atoms with Crippen LogP contribution in [0.1, 0.15) is 17.4 Å². The molecule has 0 aliphatic heterocycles. The molecule has 14 heavy (non-hydrogen) atoms. The van der Waals surface area contributed by atoms with Crippen molar-refractivity contribution in [2.24, 2.45) is 0 Å². The Kier molecular flexibility index (Phi) is 2.10. The van der Waals surface area contributed by atoms with Gasteiger partial charge in [-0.2, -0.15) is 0 Å². The molecule has 0 fully saturated rings. The molecular weight excluding hydrogens is 180 g/mol. The summed E-state index contributed by atoms with van der Waals surface area (Å²) in [7, 11) is 0. The van der Waals surface area contributed by atoms with Gasteiger partial charge in [-0.15, -0.1) is 0 Å². The van der Waals surface area contributed by atoms with Crippen molar-refractivity contribution in [1.29, 1.82) is 0 Å². The van der Waals surface area contributed by atoms with E-state index in [-0.39, 0.29) is 5.78 Å². The number of furan rings is 1. The number of hydrogen-bond donors (Lipinski definition) is 0. The summed E-state index contributed by atoms with van der Waals surface area (Å²) in [5.74, 6) is 0.434. The molecule has 4 heteroatoms. The Morgan fingerprint density at radius 2 is 2.29 bits per heavy atom. The fourth-order valence-electron chi connectivity index (χ4n) is 1.09. The summed E-state index contributed by atoms with van der Waals surface area (Å²) in [5, 5.41) is 0. The molecule has 0 saturated heterocycles. The van der Waals surface area contributed by atoms with E-state index < -0.39 is 0 Å². The lowest BCUT2D eigenvalue weighted by molar-refractivity contribution is 0.101. The maximum Gasteiger partial charge on any atom is 0.178 e. The van der Waals surface area contributed by atoms with Gasteiger partial charge in [0.05, 0.1) is 11.8 Å². The molecule has 2 heterocycles. The van der Waals surface area contributed by atoms with Crippen LogP contribution in [0.5, 0.6) is 0 Å². The highest BCUT2D eigenvalue weighted by molar-refractivity contribution is 5.92. The first-order valence-corrected chi connectivity index (χ1v) is 4.14. The SMILES string of the molecule is CC(=O)c1ccnc(-c2ccoc2)n1. The molecule has 2 aromatic rings. The molecule has 0 unspecified atom stereocenters. The Morgan fingerprint density at radius 3 is 2.93 bits per heavy atom. The first kappa shape index (κ1) is 8.62. The molecule has 0 radical (unpaired) electrons. The highest BCUT2D eigenvalue weighted by atomic mass is 16.3. The van der Waals surface area contributed by atoms with Crippen LogP contribution in [0.25, 0.3) is 11.4 Å². The molecular formula is C10H8N2O2. The minimum Gasteiger partial charge on any atom is -0.472 e. The molecule has 0 spiro atoms. The molecule has 0 bridgehead atoms.